The van der Waals surface area contributed by atoms with E-state index in [0.29, 0.717) is 23.2 Å². The Morgan fingerprint density at radius 3 is 2.75 bits per heavy atom. The molecule has 0 aliphatic rings. The van der Waals surface area contributed by atoms with Crippen LogP contribution in [0.3, 0.4) is 0 Å². The number of thiophene rings is 1. The molecular weight excluding hydrogens is 424 g/mol. The molecule has 4 aromatic rings. The van der Waals surface area contributed by atoms with Crippen LogP contribution in [-0.4, -0.2) is 33.0 Å². The number of rotatable bonds is 6. The van der Waals surface area contributed by atoms with Gasteiger partial charge in [0.2, 0.25) is 0 Å². The first kappa shape index (κ1) is 21.5. The highest BCUT2D eigenvalue weighted by Crippen LogP contribution is 2.31. The van der Waals surface area contributed by atoms with Crippen molar-refractivity contribution >= 4 is 44.8 Å². The first-order valence-electron chi connectivity index (χ1n) is 10.0. The molecule has 0 saturated heterocycles. The van der Waals surface area contributed by atoms with Crippen molar-refractivity contribution in [3.05, 3.63) is 54.0 Å². The molecule has 0 radical (unpaired) electrons. The van der Waals surface area contributed by atoms with Crippen molar-refractivity contribution in [1.29, 1.82) is 0 Å². The van der Waals surface area contributed by atoms with Crippen LogP contribution in [0.1, 0.15) is 20.8 Å². The van der Waals surface area contributed by atoms with Gasteiger partial charge in [0.25, 0.3) is 5.91 Å². The summed E-state index contributed by atoms with van der Waals surface area (Å²) in [6, 6.07) is 12.9. The molecule has 0 aliphatic carbocycles. The van der Waals surface area contributed by atoms with Crippen LogP contribution in [0.4, 0.5) is 17.3 Å². The fourth-order valence-electron chi connectivity index (χ4n) is 3.02. The Morgan fingerprint density at radius 2 is 2.00 bits per heavy atom. The minimum atomic E-state index is -0.310. The zero-order chi connectivity index (χ0) is 22.7. The zero-order valence-electron chi connectivity index (χ0n) is 18.0. The monoisotopic (exact) mass is 448 g/mol. The number of anilines is 3. The van der Waals surface area contributed by atoms with Crippen molar-refractivity contribution in [2.75, 3.05) is 17.7 Å². The molecule has 9 heteroatoms. The Labute approximate surface area is 189 Å². The van der Waals surface area contributed by atoms with Crippen molar-refractivity contribution in [1.82, 2.24) is 20.3 Å². The number of nitrogens with two attached hydrogens (primary N) is 1. The summed E-state index contributed by atoms with van der Waals surface area (Å²) in [6.45, 7) is 5.71. The molecule has 3 heterocycles. The van der Waals surface area contributed by atoms with Crippen LogP contribution in [0.25, 0.3) is 21.6 Å². The normalized spacial score (nSPS) is 11.3. The number of hydrogen-bond donors (Lipinski definition) is 3. The summed E-state index contributed by atoms with van der Waals surface area (Å²) in [7, 11) is 0. The molecule has 0 atom stereocenters. The van der Waals surface area contributed by atoms with Crippen molar-refractivity contribution in [3.63, 3.8) is 0 Å². The summed E-state index contributed by atoms with van der Waals surface area (Å²) >= 11 is 1.56. The number of aromatic nitrogens is 3. The number of nitrogens with zero attached hydrogens (tertiary/aromatic N) is 3. The van der Waals surface area contributed by atoms with E-state index in [1.165, 1.54) is 0 Å². The Hall–Kier alpha value is -3.72. The fourth-order valence-corrected chi connectivity index (χ4v) is 3.80. The van der Waals surface area contributed by atoms with Crippen molar-refractivity contribution in [2.45, 2.75) is 26.3 Å². The first-order chi connectivity index (χ1) is 15.3. The van der Waals surface area contributed by atoms with Gasteiger partial charge in [0, 0.05) is 11.1 Å². The topological polar surface area (TPSA) is 115 Å². The third-order valence-electron chi connectivity index (χ3n) is 4.33. The van der Waals surface area contributed by atoms with Crippen LogP contribution < -0.4 is 21.1 Å². The van der Waals surface area contributed by atoms with Crippen LogP contribution in [0.5, 0.6) is 5.75 Å². The highest BCUT2D eigenvalue weighted by Gasteiger charge is 2.15. The summed E-state index contributed by atoms with van der Waals surface area (Å²) in [5.41, 5.74) is 7.77. The number of amides is 1. The maximum absolute atomic E-state index is 12.1. The fraction of sp³-hybridized carbons (Fsp3) is 0.217. The van der Waals surface area contributed by atoms with Gasteiger partial charge in [0.15, 0.2) is 18.2 Å². The van der Waals surface area contributed by atoms with E-state index < -0.39 is 0 Å². The lowest BCUT2D eigenvalue weighted by Gasteiger charge is -2.20. The van der Waals surface area contributed by atoms with Crippen LogP contribution in [-0.2, 0) is 4.79 Å². The third-order valence-corrected chi connectivity index (χ3v) is 5.24. The minimum absolute atomic E-state index is 0.0674. The van der Waals surface area contributed by atoms with E-state index in [0.717, 1.165) is 21.5 Å². The van der Waals surface area contributed by atoms with Crippen LogP contribution >= 0.6 is 11.3 Å². The van der Waals surface area contributed by atoms with Crippen LogP contribution in [0, 0.1) is 0 Å². The molecular formula is C23H24N6O2S. The summed E-state index contributed by atoms with van der Waals surface area (Å²) in [5, 5.41) is 8.16. The second-order valence-corrected chi connectivity index (χ2v) is 9.16. The van der Waals surface area contributed by atoms with Gasteiger partial charge >= 0.3 is 0 Å². The highest BCUT2D eigenvalue weighted by molar-refractivity contribution is 7.17. The quantitative estimate of drug-likeness (QED) is 0.401. The predicted molar refractivity (Wildman–Crippen MR) is 128 cm³/mol. The van der Waals surface area contributed by atoms with Crippen molar-refractivity contribution < 1.29 is 9.53 Å². The van der Waals surface area contributed by atoms with Crippen LogP contribution in [0.2, 0.25) is 0 Å². The largest absolute Gasteiger partial charge is 0.484 e. The summed E-state index contributed by atoms with van der Waals surface area (Å²) < 4.78 is 6.63. The van der Waals surface area contributed by atoms with Gasteiger partial charge in [-0.3, -0.25) is 4.79 Å². The number of ether oxygens (including phenoxy) is 1. The van der Waals surface area contributed by atoms with E-state index >= 15 is 0 Å². The Morgan fingerprint density at radius 1 is 1.16 bits per heavy atom. The predicted octanol–water partition coefficient (Wildman–Crippen LogP) is 4.37. The summed E-state index contributed by atoms with van der Waals surface area (Å²) in [5.74, 6) is 2.07. The van der Waals surface area contributed by atoms with Gasteiger partial charge in [-0.15, -0.1) is 11.3 Å². The lowest BCUT2D eigenvalue weighted by atomic mass is 10.1. The standard InChI is InChI=1S/C23H24N6O2S/c1-23(2,3)29-19(30)13-31-16-6-4-5-14(11-16)21-27-17-9-10-32-20(17)22(28-21)26-15-7-8-18(24)25-12-15/h4-12H,13H2,1-3H3,(H2,24,25)(H,29,30)(H,26,27,28). The number of nitrogens with one attached hydrogen (secondary N) is 2. The molecule has 1 amide bonds. The minimum Gasteiger partial charge on any atom is -0.484 e. The molecule has 0 saturated carbocycles. The average Bonchev–Trinajstić information content (AvgIpc) is 3.22. The van der Waals surface area contributed by atoms with Gasteiger partial charge in [-0.05, 0) is 56.5 Å². The van der Waals surface area contributed by atoms with E-state index in [9.17, 15) is 4.79 Å². The highest BCUT2D eigenvalue weighted by atomic mass is 32.1. The van der Waals surface area contributed by atoms with Gasteiger partial charge in [-0.25, -0.2) is 15.0 Å². The van der Waals surface area contributed by atoms with Gasteiger partial charge < -0.3 is 21.1 Å². The number of hydrogen-bond acceptors (Lipinski definition) is 8. The number of carbonyl (C=O) groups is 1. The molecule has 32 heavy (non-hydrogen) atoms. The van der Waals surface area contributed by atoms with E-state index in [-0.39, 0.29) is 18.1 Å². The summed E-state index contributed by atoms with van der Waals surface area (Å²) in [6.07, 6.45) is 1.66. The average molecular weight is 449 g/mol. The number of carbonyl (C=O) groups excluding carboxylic acids is 1. The Kier molecular flexibility index (Phi) is 5.91. The smallest absolute Gasteiger partial charge is 0.258 e. The zero-order valence-corrected chi connectivity index (χ0v) is 18.9. The lowest BCUT2D eigenvalue weighted by Crippen LogP contribution is -2.43. The van der Waals surface area contributed by atoms with Crippen LogP contribution in [0.15, 0.2) is 54.0 Å². The van der Waals surface area contributed by atoms with E-state index in [1.807, 2.05) is 56.5 Å². The SMILES string of the molecule is CC(C)(C)NC(=O)COc1cccc(-c2nc(Nc3ccc(N)nc3)c3sccc3n2)c1. The number of fused-ring (bicyclic) bond motifs is 1. The van der Waals surface area contributed by atoms with Crippen molar-refractivity contribution in [3.8, 4) is 17.1 Å². The van der Waals surface area contributed by atoms with Gasteiger partial charge in [0.05, 0.1) is 22.1 Å². The summed E-state index contributed by atoms with van der Waals surface area (Å²) in [4.78, 5) is 25.6. The molecule has 3 aromatic heterocycles. The van der Waals surface area contributed by atoms with E-state index in [2.05, 4.69) is 15.6 Å². The van der Waals surface area contributed by atoms with E-state index in [4.69, 9.17) is 20.4 Å². The van der Waals surface area contributed by atoms with E-state index in [1.54, 1.807) is 29.7 Å². The molecule has 0 fully saturated rings. The molecule has 164 valence electrons. The maximum atomic E-state index is 12.1. The van der Waals surface area contributed by atoms with Crippen molar-refractivity contribution in [2.24, 2.45) is 0 Å². The third kappa shape index (κ3) is 5.30. The molecule has 1 aromatic carbocycles. The molecule has 0 aliphatic heterocycles. The number of benzene rings is 1. The second-order valence-electron chi connectivity index (χ2n) is 8.24. The first-order valence-corrected chi connectivity index (χ1v) is 10.9. The maximum Gasteiger partial charge on any atom is 0.258 e. The second kappa shape index (κ2) is 8.80. The Balaban J connectivity index is 1.59. The van der Waals surface area contributed by atoms with Gasteiger partial charge in [-0.2, -0.15) is 0 Å². The van der Waals surface area contributed by atoms with Gasteiger partial charge in [0.1, 0.15) is 11.6 Å². The molecule has 8 nitrogen and oxygen atoms in total. The van der Waals surface area contributed by atoms with Gasteiger partial charge in [-0.1, -0.05) is 12.1 Å². The lowest BCUT2D eigenvalue weighted by molar-refractivity contribution is -0.124. The molecule has 0 bridgehead atoms. The molecule has 0 unspecified atom stereocenters. The molecule has 4 rings (SSSR count). The number of nitrogen functional groups attached to an aromatic ring is 1. The Bertz CT molecular complexity index is 1250. The molecule has 4 N–H and O–H groups in total. The molecule has 0 spiro atoms. The number of pyridine rings is 1.